The van der Waals surface area contributed by atoms with Crippen molar-refractivity contribution in [1.29, 1.82) is 5.26 Å². The number of nitrogen functional groups attached to an aromatic ring is 2. The molecule has 0 amide bonds. The maximum Gasteiger partial charge on any atom is 0.221 e. The molecule has 1 heterocycles. The van der Waals surface area contributed by atoms with Crippen LogP contribution < -0.4 is 11.5 Å². The third kappa shape index (κ3) is 2.30. The molecule has 6 heteroatoms. The van der Waals surface area contributed by atoms with Crippen molar-refractivity contribution in [2.24, 2.45) is 5.10 Å². The van der Waals surface area contributed by atoms with E-state index in [1.165, 1.54) is 4.68 Å². The highest BCUT2D eigenvalue weighted by molar-refractivity contribution is 5.81. The molecule has 0 spiro atoms. The molecule has 0 unspecified atom stereocenters. The van der Waals surface area contributed by atoms with Crippen LogP contribution in [0.25, 0.3) is 0 Å². The molecule has 0 aliphatic heterocycles. The quantitative estimate of drug-likeness (QED) is 0.605. The van der Waals surface area contributed by atoms with E-state index in [4.69, 9.17) is 16.7 Å². The lowest BCUT2D eigenvalue weighted by Crippen LogP contribution is -1.97. The third-order valence-electron chi connectivity index (χ3n) is 2.36. The summed E-state index contributed by atoms with van der Waals surface area (Å²) in [4.78, 5) is 4.03. The van der Waals surface area contributed by atoms with Gasteiger partial charge < -0.3 is 11.5 Å². The predicted octanol–water partition coefficient (Wildman–Crippen LogP) is 1.11. The molecule has 1 aromatic heterocycles. The van der Waals surface area contributed by atoms with Crippen molar-refractivity contribution in [2.45, 2.75) is 6.92 Å². The molecule has 0 bridgehead atoms. The molecule has 0 saturated heterocycles. The molecule has 1 aromatic carbocycles. The number of aromatic nitrogens is 2. The summed E-state index contributed by atoms with van der Waals surface area (Å²) >= 11 is 0. The van der Waals surface area contributed by atoms with Crippen LogP contribution in [0.1, 0.15) is 16.8 Å². The second kappa shape index (κ2) is 4.59. The van der Waals surface area contributed by atoms with Gasteiger partial charge >= 0.3 is 0 Å². The number of rotatable bonds is 2. The molecule has 0 atom stereocenters. The van der Waals surface area contributed by atoms with Crippen LogP contribution in [0.5, 0.6) is 0 Å². The summed E-state index contributed by atoms with van der Waals surface area (Å²) in [7, 11) is 0. The van der Waals surface area contributed by atoms with E-state index in [9.17, 15) is 0 Å². The van der Waals surface area contributed by atoms with E-state index in [1.54, 1.807) is 30.6 Å². The van der Waals surface area contributed by atoms with Crippen LogP contribution in [0, 0.1) is 18.3 Å². The number of nitrogens with two attached hydrogens (primary N) is 2. The summed E-state index contributed by atoms with van der Waals surface area (Å²) < 4.78 is 1.47. The van der Waals surface area contributed by atoms with Crippen molar-refractivity contribution in [1.82, 2.24) is 9.66 Å². The smallest absolute Gasteiger partial charge is 0.221 e. The minimum atomic E-state index is 0.319. The van der Waals surface area contributed by atoms with Crippen LogP contribution in [0.15, 0.2) is 29.5 Å². The van der Waals surface area contributed by atoms with E-state index in [-0.39, 0.29) is 0 Å². The lowest BCUT2D eigenvalue weighted by atomic mass is 10.1. The first kappa shape index (κ1) is 11.7. The average molecular weight is 240 g/mol. The largest absolute Gasteiger partial charge is 0.398 e. The molecule has 0 aliphatic rings. The Labute approximate surface area is 104 Å². The highest BCUT2D eigenvalue weighted by atomic mass is 15.4. The molecule has 0 fully saturated rings. The fraction of sp³-hybridized carbons (Fsp3) is 0.0833. The first-order valence-electron chi connectivity index (χ1n) is 5.25. The standard InChI is InChI=1S/C12H12N6/c1-8-7-18(12(15)17-8)16-6-9-2-3-11(14)10(4-9)5-13/h2-4,6-7H,14H2,1H3,(H2,15,17). The SMILES string of the molecule is Cc1cn(N=Cc2ccc(N)c(C#N)c2)c(N)n1. The highest BCUT2D eigenvalue weighted by Gasteiger charge is 2.00. The Morgan fingerprint density at radius 1 is 1.44 bits per heavy atom. The summed E-state index contributed by atoms with van der Waals surface area (Å²) in [5.41, 5.74) is 13.7. The summed E-state index contributed by atoms with van der Waals surface area (Å²) in [5, 5.41) is 13.0. The third-order valence-corrected chi connectivity index (χ3v) is 2.36. The molecule has 2 rings (SSSR count). The lowest BCUT2D eigenvalue weighted by Gasteiger charge is -1.99. The summed E-state index contributed by atoms with van der Waals surface area (Å²) in [6.07, 6.45) is 3.31. The van der Waals surface area contributed by atoms with Crippen molar-refractivity contribution < 1.29 is 0 Å². The average Bonchev–Trinajstić information content (AvgIpc) is 2.67. The van der Waals surface area contributed by atoms with Crippen LogP contribution in [0.2, 0.25) is 0 Å². The number of hydrogen-bond acceptors (Lipinski definition) is 5. The number of hydrogen-bond donors (Lipinski definition) is 2. The van der Waals surface area contributed by atoms with E-state index < -0.39 is 0 Å². The Balaban J connectivity index is 2.29. The minimum absolute atomic E-state index is 0.319. The zero-order valence-corrected chi connectivity index (χ0v) is 9.83. The van der Waals surface area contributed by atoms with Crippen molar-refractivity contribution in [2.75, 3.05) is 11.5 Å². The minimum Gasteiger partial charge on any atom is -0.398 e. The Morgan fingerprint density at radius 3 is 2.83 bits per heavy atom. The molecular formula is C12H12N6. The second-order valence-electron chi connectivity index (χ2n) is 3.79. The summed E-state index contributed by atoms with van der Waals surface area (Å²) in [5.74, 6) is 0.319. The number of imidazole rings is 1. The monoisotopic (exact) mass is 240 g/mol. The van der Waals surface area contributed by atoms with Crippen LogP contribution in [-0.4, -0.2) is 15.9 Å². The predicted molar refractivity (Wildman–Crippen MR) is 69.9 cm³/mol. The van der Waals surface area contributed by atoms with Gasteiger partial charge in [0.05, 0.1) is 23.7 Å². The zero-order chi connectivity index (χ0) is 13.1. The first-order valence-corrected chi connectivity index (χ1v) is 5.25. The number of benzene rings is 1. The number of anilines is 2. The zero-order valence-electron chi connectivity index (χ0n) is 9.83. The summed E-state index contributed by atoms with van der Waals surface area (Å²) in [6.45, 7) is 1.83. The van der Waals surface area contributed by atoms with Gasteiger partial charge in [0, 0.05) is 5.69 Å². The van der Waals surface area contributed by atoms with Gasteiger partial charge in [-0.25, -0.2) is 9.66 Å². The topological polar surface area (TPSA) is 106 Å². The number of nitriles is 1. The maximum absolute atomic E-state index is 8.87. The van der Waals surface area contributed by atoms with Gasteiger partial charge in [-0.15, -0.1) is 0 Å². The molecule has 2 aromatic rings. The Bertz CT molecular complexity index is 647. The van der Waals surface area contributed by atoms with Crippen molar-refractivity contribution in [3.63, 3.8) is 0 Å². The van der Waals surface area contributed by atoms with E-state index in [0.29, 0.717) is 17.2 Å². The van der Waals surface area contributed by atoms with E-state index in [1.807, 2.05) is 13.0 Å². The molecule has 6 nitrogen and oxygen atoms in total. The Hall–Kier alpha value is -2.81. The van der Waals surface area contributed by atoms with Gasteiger partial charge in [0.25, 0.3) is 0 Å². The molecule has 0 radical (unpaired) electrons. The fourth-order valence-electron chi connectivity index (χ4n) is 1.48. The van der Waals surface area contributed by atoms with Crippen molar-refractivity contribution >= 4 is 17.9 Å². The number of nitrogens with zero attached hydrogens (tertiary/aromatic N) is 4. The van der Waals surface area contributed by atoms with Gasteiger partial charge in [0.2, 0.25) is 5.95 Å². The number of aryl methyl sites for hydroxylation is 1. The van der Waals surface area contributed by atoms with E-state index in [2.05, 4.69) is 10.1 Å². The van der Waals surface area contributed by atoms with Gasteiger partial charge in [-0.05, 0) is 24.6 Å². The van der Waals surface area contributed by atoms with E-state index >= 15 is 0 Å². The van der Waals surface area contributed by atoms with Gasteiger partial charge in [0.15, 0.2) is 0 Å². The molecule has 0 saturated carbocycles. The highest BCUT2D eigenvalue weighted by Crippen LogP contribution is 2.12. The molecule has 4 N–H and O–H groups in total. The molecule has 90 valence electrons. The van der Waals surface area contributed by atoms with Crippen molar-refractivity contribution in [3.8, 4) is 6.07 Å². The molecular weight excluding hydrogens is 228 g/mol. The van der Waals surface area contributed by atoms with Gasteiger partial charge in [0.1, 0.15) is 6.07 Å². The van der Waals surface area contributed by atoms with Crippen LogP contribution in [0.3, 0.4) is 0 Å². The fourth-order valence-corrected chi connectivity index (χ4v) is 1.48. The van der Waals surface area contributed by atoms with Gasteiger partial charge in [-0.1, -0.05) is 6.07 Å². The molecule has 0 aliphatic carbocycles. The van der Waals surface area contributed by atoms with Crippen molar-refractivity contribution in [3.05, 3.63) is 41.2 Å². The van der Waals surface area contributed by atoms with E-state index in [0.717, 1.165) is 11.3 Å². The van der Waals surface area contributed by atoms with Gasteiger partial charge in [-0.2, -0.15) is 10.4 Å². The lowest BCUT2D eigenvalue weighted by molar-refractivity contribution is 0.897. The second-order valence-corrected chi connectivity index (χ2v) is 3.79. The normalized spacial score (nSPS) is 10.7. The first-order chi connectivity index (χ1) is 8.60. The Morgan fingerprint density at radius 2 is 2.22 bits per heavy atom. The van der Waals surface area contributed by atoms with Gasteiger partial charge in [-0.3, -0.25) is 0 Å². The van der Waals surface area contributed by atoms with Crippen LogP contribution in [-0.2, 0) is 0 Å². The van der Waals surface area contributed by atoms with Crippen LogP contribution >= 0.6 is 0 Å². The summed E-state index contributed by atoms with van der Waals surface area (Å²) in [6, 6.07) is 7.13. The maximum atomic E-state index is 8.87. The molecule has 18 heavy (non-hydrogen) atoms. The Kier molecular flexibility index (Phi) is 2.98. The van der Waals surface area contributed by atoms with Crippen LogP contribution in [0.4, 0.5) is 11.6 Å².